The van der Waals surface area contributed by atoms with Crippen molar-refractivity contribution in [1.29, 1.82) is 0 Å². The molecule has 1 amide bonds. The third-order valence-corrected chi connectivity index (χ3v) is 5.13. The van der Waals surface area contributed by atoms with Gasteiger partial charge in [0.05, 0.1) is 4.47 Å². The van der Waals surface area contributed by atoms with Crippen LogP contribution in [0.1, 0.15) is 36.0 Å². The molecule has 2 atom stereocenters. The van der Waals surface area contributed by atoms with Gasteiger partial charge in [0.1, 0.15) is 5.75 Å². The molecule has 0 heterocycles. The number of phenols is 1. The SMILES string of the molecule is O=C(NC1CCCC(CBr)C1)c1ccc(Br)c(O)c1. The average Bonchev–Trinajstić information content (AvgIpc) is 2.42. The van der Waals surface area contributed by atoms with Crippen LogP contribution in [0.3, 0.4) is 0 Å². The maximum Gasteiger partial charge on any atom is 0.251 e. The Bertz CT molecular complexity index is 465. The van der Waals surface area contributed by atoms with Gasteiger partial charge in [-0.3, -0.25) is 4.79 Å². The highest BCUT2D eigenvalue weighted by molar-refractivity contribution is 9.10. The van der Waals surface area contributed by atoms with Crippen molar-refractivity contribution in [3.05, 3.63) is 28.2 Å². The van der Waals surface area contributed by atoms with E-state index in [1.54, 1.807) is 12.1 Å². The van der Waals surface area contributed by atoms with Gasteiger partial charge < -0.3 is 10.4 Å². The average molecular weight is 391 g/mol. The number of aromatic hydroxyl groups is 1. The summed E-state index contributed by atoms with van der Waals surface area (Å²) >= 11 is 6.72. The van der Waals surface area contributed by atoms with E-state index in [4.69, 9.17) is 0 Å². The standard InChI is InChI=1S/C14H17Br2NO2/c15-8-9-2-1-3-11(6-9)17-14(19)10-4-5-12(16)13(18)7-10/h4-5,7,9,11,18H,1-3,6,8H2,(H,17,19). The van der Waals surface area contributed by atoms with E-state index in [1.807, 2.05) is 0 Å². The maximum atomic E-state index is 12.1. The zero-order chi connectivity index (χ0) is 13.8. The first-order chi connectivity index (χ1) is 9.10. The van der Waals surface area contributed by atoms with Gasteiger partial charge in [-0.1, -0.05) is 22.4 Å². The minimum atomic E-state index is -0.108. The predicted octanol–water partition coefficient (Wildman–Crippen LogP) is 3.84. The highest BCUT2D eigenvalue weighted by atomic mass is 79.9. The number of carbonyl (C=O) groups excluding carboxylic acids is 1. The van der Waals surface area contributed by atoms with Crippen molar-refractivity contribution in [2.45, 2.75) is 31.7 Å². The molecule has 19 heavy (non-hydrogen) atoms. The molecule has 2 rings (SSSR count). The van der Waals surface area contributed by atoms with Crippen LogP contribution in [0.2, 0.25) is 0 Å². The van der Waals surface area contributed by atoms with E-state index in [-0.39, 0.29) is 17.7 Å². The fraction of sp³-hybridized carbons (Fsp3) is 0.500. The lowest BCUT2D eigenvalue weighted by Gasteiger charge is -2.28. The van der Waals surface area contributed by atoms with E-state index in [1.165, 1.54) is 12.5 Å². The van der Waals surface area contributed by atoms with Gasteiger partial charge in [0.2, 0.25) is 0 Å². The zero-order valence-electron chi connectivity index (χ0n) is 10.5. The summed E-state index contributed by atoms with van der Waals surface area (Å²) in [6.45, 7) is 0. The van der Waals surface area contributed by atoms with Crippen molar-refractivity contribution >= 4 is 37.8 Å². The van der Waals surface area contributed by atoms with E-state index < -0.39 is 0 Å². The number of phenolic OH excluding ortho intramolecular Hbond substituents is 1. The van der Waals surface area contributed by atoms with Gasteiger partial charge in [0, 0.05) is 16.9 Å². The molecule has 2 unspecified atom stereocenters. The second kappa shape index (κ2) is 6.75. The number of nitrogens with one attached hydrogen (secondary N) is 1. The van der Waals surface area contributed by atoms with Gasteiger partial charge in [-0.25, -0.2) is 0 Å². The van der Waals surface area contributed by atoms with Gasteiger partial charge in [-0.15, -0.1) is 0 Å². The Morgan fingerprint density at radius 3 is 2.89 bits per heavy atom. The Morgan fingerprint density at radius 1 is 1.42 bits per heavy atom. The molecule has 1 aromatic carbocycles. The van der Waals surface area contributed by atoms with Gasteiger partial charge >= 0.3 is 0 Å². The summed E-state index contributed by atoms with van der Waals surface area (Å²) in [5.41, 5.74) is 0.502. The van der Waals surface area contributed by atoms with E-state index in [0.717, 1.165) is 24.6 Å². The highest BCUT2D eigenvalue weighted by Gasteiger charge is 2.23. The van der Waals surface area contributed by atoms with Crippen LogP contribution in [-0.2, 0) is 0 Å². The maximum absolute atomic E-state index is 12.1. The van der Waals surface area contributed by atoms with E-state index in [2.05, 4.69) is 37.2 Å². The molecule has 5 heteroatoms. The summed E-state index contributed by atoms with van der Waals surface area (Å²) in [6.07, 6.45) is 4.46. The molecule has 3 nitrogen and oxygen atoms in total. The van der Waals surface area contributed by atoms with Crippen LogP contribution in [-0.4, -0.2) is 22.4 Å². The second-order valence-corrected chi connectivity index (χ2v) is 6.53. The number of benzene rings is 1. The fourth-order valence-electron chi connectivity index (χ4n) is 2.48. The van der Waals surface area contributed by atoms with Gasteiger partial charge in [0.25, 0.3) is 5.91 Å². The molecule has 104 valence electrons. The minimum Gasteiger partial charge on any atom is -0.507 e. The lowest BCUT2D eigenvalue weighted by molar-refractivity contribution is 0.0921. The third-order valence-electron chi connectivity index (χ3n) is 3.54. The van der Waals surface area contributed by atoms with Crippen molar-refractivity contribution in [3.63, 3.8) is 0 Å². The van der Waals surface area contributed by atoms with Gasteiger partial charge in [-0.05, 0) is 59.3 Å². The van der Waals surface area contributed by atoms with Crippen molar-refractivity contribution in [3.8, 4) is 5.75 Å². The second-order valence-electron chi connectivity index (χ2n) is 5.02. The van der Waals surface area contributed by atoms with Crippen LogP contribution < -0.4 is 5.32 Å². The van der Waals surface area contributed by atoms with E-state index in [0.29, 0.717) is 16.0 Å². The van der Waals surface area contributed by atoms with Crippen LogP contribution in [0.4, 0.5) is 0 Å². The number of alkyl halides is 1. The number of rotatable bonds is 3. The molecule has 0 aliphatic heterocycles. The monoisotopic (exact) mass is 389 g/mol. The molecule has 2 N–H and O–H groups in total. The first-order valence-corrected chi connectivity index (χ1v) is 8.37. The van der Waals surface area contributed by atoms with E-state index >= 15 is 0 Å². The molecule has 0 aromatic heterocycles. The number of hydrogen-bond donors (Lipinski definition) is 2. The molecule has 1 fully saturated rings. The smallest absolute Gasteiger partial charge is 0.251 e. The lowest BCUT2D eigenvalue weighted by atomic mass is 9.87. The Labute approximate surface area is 130 Å². The molecule has 0 radical (unpaired) electrons. The number of halogens is 2. The van der Waals surface area contributed by atoms with Crippen LogP contribution in [0.15, 0.2) is 22.7 Å². The normalized spacial score (nSPS) is 23.1. The number of carbonyl (C=O) groups is 1. The molecular formula is C14H17Br2NO2. The molecule has 0 spiro atoms. The molecule has 1 aliphatic rings. The van der Waals surface area contributed by atoms with Crippen molar-refractivity contribution in [1.82, 2.24) is 5.32 Å². The third kappa shape index (κ3) is 3.96. The molecular weight excluding hydrogens is 374 g/mol. The first kappa shape index (κ1) is 14.9. The largest absolute Gasteiger partial charge is 0.507 e. The molecule has 1 aromatic rings. The van der Waals surface area contributed by atoms with Crippen molar-refractivity contribution in [2.24, 2.45) is 5.92 Å². The summed E-state index contributed by atoms with van der Waals surface area (Å²) < 4.78 is 0.598. The summed E-state index contributed by atoms with van der Waals surface area (Å²) in [7, 11) is 0. The Morgan fingerprint density at radius 2 is 2.21 bits per heavy atom. The predicted molar refractivity (Wildman–Crippen MR) is 82.8 cm³/mol. The van der Waals surface area contributed by atoms with Crippen LogP contribution in [0.5, 0.6) is 5.75 Å². The van der Waals surface area contributed by atoms with Crippen LogP contribution >= 0.6 is 31.9 Å². The molecule has 0 bridgehead atoms. The topological polar surface area (TPSA) is 49.3 Å². The molecule has 0 saturated heterocycles. The Kier molecular flexibility index (Phi) is 5.28. The summed E-state index contributed by atoms with van der Waals surface area (Å²) in [4.78, 5) is 12.1. The summed E-state index contributed by atoms with van der Waals surface area (Å²) in [6, 6.07) is 5.13. The number of hydrogen-bond acceptors (Lipinski definition) is 2. The Balaban J connectivity index is 1.98. The van der Waals surface area contributed by atoms with Gasteiger partial charge in [0.15, 0.2) is 0 Å². The zero-order valence-corrected chi connectivity index (χ0v) is 13.7. The summed E-state index contributed by atoms with van der Waals surface area (Å²) in [5.74, 6) is 0.634. The van der Waals surface area contributed by atoms with Crippen molar-refractivity contribution in [2.75, 3.05) is 5.33 Å². The molecule has 1 aliphatic carbocycles. The highest BCUT2D eigenvalue weighted by Crippen LogP contribution is 2.27. The Hall–Kier alpha value is -0.550. The summed E-state index contributed by atoms with van der Waals surface area (Å²) in [5, 5.41) is 13.7. The number of amides is 1. The quantitative estimate of drug-likeness (QED) is 0.770. The van der Waals surface area contributed by atoms with Crippen LogP contribution in [0, 0.1) is 5.92 Å². The first-order valence-electron chi connectivity index (χ1n) is 6.45. The van der Waals surface area contributed by atoms with Crippen LogP contribution in [0.25, 0.3) is 0 Å². The van der Waals surface area contributed by atoms with Crippen molar-refractivity contribution < 1.29 is 9.90 Å². The lowest BCUT2D eigenvalue weighted by Crippen LogP contribution is -2.38. The molecule has 1 saturated carbocycles. The minimum absolute atomic E-state index is 0.0922. The fourth-order valence-corrected chi connectivity index (χ4v) is 3.32. The van der Waals surface area contributed by atoms with E-state index in [9.17, 15) is 9.90 Å². The van der Waals surface area contributed by atoms with Gasteiger partial charge in [-0.2, -0.15) is 0 Å².